The summed E-state index contributed by atoms with van der Waals surface area (Å²) in [6, 6.07) is 0. The van der Waals surface area contributed by atoms with Crippen LogP contribution in [0.2, 0.25) is 0 Å². The minimum atomic E-state index is 0. The third kappa shape index (κ3) is 20.8. The van der Waals surface area contributed by atoms with E-state index in [-0.39, 0.29) is 40.1 Å². The van der Waals surface area contributed by atoms with Gasteiger partial charge in [-0.15, -0.1) is 0 Å². The van der Waals surface area contributed by atoms with Crippen LogP contribution in [0.1, 0.15) is 6.92 Å². The zero-order chi connectivity index (χ0) is 4.12. The van der Waals surface area contributed by atoms with Crippen LogP contribution in [0.4, 0.5) is 0 Å². The van der Waals surface area contributed by atoms with Crippen molar-refractivity contribution in [1.82, 2.24) is 0 Å². The monoisotopic (exact) mass is 177 g/mol. The molecule has 0 bridgehead atoms. The van der Waals surface area contributed by atoms with Crippen molar-refractivity contribution in [3.05, 3.63) is 7.43 Å². The van der Waals surface area contributed by atoms with E-state index in [1.807, 2.05) is 0 Å². The SMILES string of the molecule is CCO[C-]=O.[CH3-].[Y]. The minimum absolute atomic E-state index is 0. The first-order chi connectivity index (χ1) is 2.41. The van der Waals surface area contributed by atoms with Crippen molar-refractivity contribution in [2.75, 3.05) is 6.61 Å². The number of carbonyl (C=O) groups excluding carboxylic acids is 1. The number of rotatable bonds is 2. The molecule has 0 aromatic carbocycles. The molecule has 0 saturated carbocycles. The van der Waals surface area contributed by atoms with Gasteiger partial charge in [-0.2, -0.15) is 0 Å². The van der Waals surface area contributed by atoms with Crippen molar-refractivity contribution in [3.63, 3.8) is 0 Å². The summed E-state index contributed by atoms with van der Waals surface area (Å²) < 4.78 is 4.03. The summed E-state index contributed by atoms with van der Waals surface area (Å²) in [7, 11) is 0. The molecule has 0 aliphatic carbocycles. The van der Waals surface area contributed by atoms with E-state index in [0.29, 0.717) is 6.61 Å². The molecule has 7 heavy (non-hydrogen) atoms. The molecule has 0 fully saturated rings. The molecular weight excluding hydrogens is 169 g/mol. The Hall–Kier alpha value is 0.574. The molecule has 1 radical (unpaired) electrons. The van der Waals surface area contributed by atoms with Crippen molar-refractivity contribution in [3.8, 4) is 0 Å². The van der Waals surface area contributed by atoms with Crippen LogP contribution >= 0.6 is 0 Å². The molecule has 41 valence electrons. The molecule has 0 atom stereocenters. The van der Waals surface area contributed by atoms with Crippen molar-refractivity contribution in [2.24, 2.45) is 0 Å². The van der Waals surface area contributed by atoms with E-state index < -0.39 is 0 Å². The van der Waals surface area contributed by atoms with Crippen LogP contribution in [-0.2, 0) is 42.2 Å². The largest absolute Gasteiger partial charge is 0.653 e. The van der Waals surface area contributed by atoms with Gasteiger partial charge in [0.15, 0.2) is 0 Å². The molecule has 0 rings (SSSR count). The normalized spacial score (nSPS) is 4.71. The Morgan fingerprint density at radius 2 is 2.14 bits per heavy atom. The Kier molecular flexibility index (Phi) is 35.7. The first kappa shape index (κ1) is 15.6. The molecule has 3 heteroatoms. The smallest absolute Gasteiger partial charge is 0.0451 e. The molecule has 0 heterocycles. The maximum atomic E-state index is 9.06. The number of ether oxygens (including phenoxy) is 1. The number of hydrogen-bond donors (Lipinski definition) is 0. The van der Waals surface area contributed by atoms with Gasteiger partial charge in [0.1, 0.15) is 0 Å². The van der Waals surface area contributed by atoms with E-state index in [2.05, 4.69) is 4.74 Å². The van der Waals surface area contributed by atoms with Crippen molar-refractivity contribution >= 4 is 6.47 Å². The molecule has 0 N–H and O–H groups in total. The van der Waals surface area contributed by atoms with Crippen LogP contribution in [0.3, 0.4) is 0 Å². The second kappa shape index (κ2) is 16.0. The average Bonchev–Trinajstić information content (AvgIpc) is 1.41. The van der Waals surface area contributed by atoms with Crippen LogP contribution in [0.25, 0.3) is 0 Å². The Labute approximate surface area is 69.5 Å². The molecule has 0 aliphatic heterocycles. The molecular formula is C4H8O2Y-2. The van der Waals surface area contributed by atoms with Gasteiger partial charge in [0, 0.05) is 39.3 Å². The van der Waals surface area contributed by atoms with Gasteiger partial charge in [-0.1, -0.05) is 6.47 Å². The van der Waals surface area contributed by atoms with Gasteiger partial charge in [0.2, 0.25) is 0 Å². The van der Waals surface area contributed by atoms with Crippen LogP contribution in [0.15, 0.2) is 0 Å². The van der Waals surface area contributed by atoms with Crippen molar-refractivity contribution in [2.45, 2.75) is 6.92 Å². The van der Waals surface area contributed by atoms with E-state index in [9.17, 15) is 0 Å². The zero-order valence-corrected chi connectivity index (χ0v) is 7.44. The fraction of sp³-hybridized carbons (Fsp3) is 0.500. The summed E-state index contributed by atoms with van der Waals surface area (Å²) in [5, 5.41) is 0. The third-order valence-electron chi connectivity index (χ3n) is 0.203. The Morgan fingerprint density at radius 3 is 2.14 bits per heavy atom. The number of hydrogen-bond acceptors (Lipinski definition) is 2. The van der Waals surface area contributed by atoms with Crippen molar-refractivity contribution < 1.29 is 42.2 Å². The van der Waals surface area contributed by atoms with E-state index in [1.165, 1.54) is 6.47 Å². The summed E-state index contributed by atoms with van der Waals surface area (Å²) in [6.07, 6.45) is 0. The Balaban J connectivity index is -0.0000000800. The standard InChI is InChI=1S/C3H5O2.CH3.Y/c1-2-5-3-4;;/h2H2,1H3;1H3;/q2*-1;. The van der Waals surface area contributed by atoms with Gasteiger partial charge in [-0.3, -0.25) is 0 Å². The maximum absolute atomic E-state index is 9.06. The van der Waals surface area contributed by atoms with Crippen LogP contribution in [-0.4, -0.2) is 13.1 Å². The van der Waals surface area contributed by atoms with Gasteiger partial charge in [-0.05, 0) is 6.92 Å². The van der Waals surface area contributed by atoms with Gasteiger partial charge in [-0.25, -0.2) is 0 Å². The summed E-state index contributed by atoms with van der Waals surface area (Å²) in [4.78, 5) is 9.06. The van der Waals surface area contributed by atoms with E-state index in [1.54, 1.807) is 6.92 Å². The fourth-order valence-electron chi connectivity index (χ4n) is 0.0589. The second-order valence-electron chi connectivity index (χ2n) is 0.516. The minimum Gasteiger partial charge on any atom is -0.653 e. The van der Waals surface area contributed by atoms with Gasteiger partial charge >= 0.3 is 0 Å². The van der Waals surface area contributed by atoms with Crippen LogP contribution in [0, 0.1) is 7.43 Å². The molecule has 0 saturated heterocycles. The summed E-state index contributed by atoms with van der Waals surface area (Å²) in [5.74, 6) is 0. The Morgan fingerprint density at radius 1 is 1.71 bits per heavy atom. The predicted molar refractivity (Wildman–Crippen MR) is 23.7 cm³/mol. The molecule has 0 spiro atoms. The molecule has 0 unspecified atom stereocenters. The molecule has 0 aromatic heterocycles. The predicted octanol–water partition coefficient (Wildman–Crippen LogP) is 0.538. The van der Waals surface area contributed by atoms with E-state index in [4.69, 9.17) is 4.79 Å². The fourth-order valence-corrected chi connectivity index (χ4v) is 0.0589. The second-order valence-corrected chi connectivity index (χ2v) is 0.516. The quantitative estimate of drug-likeness (QED) is 0.575. The summed E-state index contributed by atoms with van der Waals surface area (Å²) in [6.45, 7) is 3.41. The van der Waals surface area contributed by atoms with Crippen molar-refractivity contribution in [1.29, 1.82) is 0 Å². The topological polar surface area (TPSA) is 26.3 Å². The van der Waals surface area contributed by atoms with Gasteiger partial charge < -0.3 is 17.0 Å². The summed E-state index contributed by atoms with van der Waals surface area (Å²) >= 11 is 0. The molecule has 0 aliphatic rings. The van der Waals surface area contributed by atoms with E-state index in [0.717, 1.165) is 0 Å². The average molecular weight is 177 g/mol. The third-order valence-corrected chi connectivity index (χ3v) is 0.203. The van der Waals surface area contributed by atoms with Crippen LogP contribution < -0.4 is 0 Å². The zero-order valence-electron chi connectivity index (χ0n) is 4.60. The molecule has 0 aromatic rings. The van der Waals surface area contributed by atoms with E-state index >= 15 is 0 Å². The first-order valence-corrected chi connectivity index (χ1v) is 1.40. The van der Waals surface area contributed by atoms with Crippen LogP contribution in [0.5, 0.6) is 0 Å². The van der Waals surface area contributed by atoms with Gasteiger partial charge in [0.25, 0.3) is 0 Å². The molecule has 0 amide bonds. The maximum Gasteiger partial charge on any atom is 0.0451 e. The Bertz CT molecular complexity index is 30.9. The van der Waals surface area contributed by atoms with Gasteiger partial charge in [0.05, 0.1) is 0 Å². The molecule has 2 nitrogen and oxygen atoms in total. The summed E-state index contributed by atoms with van der Waals surface area (Å²) in [5.41, 5.74) is 0. The first-order valence-electron chi connectivity index (χ1n) is 1.40.